The van der Waals surface area contributed by atoms with Crippen molar-refractivity contribution in [1.82, 2.24) is 25.3 Å². The van der Waals surface area contributed by atoms with Crippen LogP contribution in [0.3, 0.4) is 0 Å². The first kappa shape index (κ1) is 8.96. The van der Waals surface area contributed by atoms with Gasteiger partial charge in [0.05, 0.1) is 12.4 Å². The Bertz CT molecular complexity index is 376. The lowest BCUT2D eigenvalue weighted by atomic mass is 10.3. The van der Waals surface area contributed by atoms with Gasteiger partial charge in [0, 0.05) is 43.7 Å². The smallest absolute Gasteiger partial charge is 0.0534 e. The van der Waals surface area contributed by atoms with Crippen LogP contribution in [0, 0.1) is 0 Å². The Morgan fingerprint density at radius 2 is 2.21 bits per heavy atom. The lowest BCUT2D eigenvalue weighted by Gasteiger charge is -1.99. The van der Waals surface area contributed by atoms with E-state index in [0.29, 0.717) is 0 Å². The molecule has 5 nitrogen and oxygen atoms in total. The molecule has 0 bridgehead atoms. The van der Waals surface area contributed by atoms with Crippen molar-refractivity contribution >= 4 is 0 Å². The van der Waals surface area contributed by atoms with Crippen molar-refractivity contribution in [1.29, 1.82) is 0 Å². The molecule has 0 saturated carbocycles. The van der Waals surface area contributed by atoms with Crippen LogP contribution in [0.15, 0.2) is 24.8 Å². The average molecular weight is 191 g/mol. The van der Waals surface area contributed by atoms with Gasteiger partial charge in [0.15, 0.2) is 0 Å². The molecule has 0 spiro atoms. The van der Waals surface area contributed by atoms with E-state index in [-0.39, 0.29) is 0 Å². The van der Waals surface area contributed by atoms with Gasteiger partial charge >= 0.3 is 0 Å². The standard InChI is InChI=1S/C9H13N5/c1-14-7-9(6-13-14)3-10-2-8-4-11-12-5-8/h4-7,10H,2-3H2,1H3,(H,11,12). The summed E-state index contributed by atoms with van der Waals surface area (Å²) in [4.78, 5) is 0. The molecule has 0 radical (unpaired) electrons. The van der Waals surface area contributed by atoms with Crippen molar-refractivity contribution < 1.29 is 0 Å². The molecule has 0 fully saturated rings. The van der Waals surface area contributed by atoms with Crippen molar-refractivity contribution in [3.63, 3.8) is 0 Å². The quantitative estimate of drug-likeness (QED) is 0.737. The van der Waals surface area contributed by atoms with Crippen LogP contribution in [0.1, 0.15) is 11.1 Å². The number of aromatic nitrogens is 4. The van der Waals surface area contributed by atoms with Gasteiger partial charge in [-0.1, -0.05) is 0 Å². The highest BCUT2D eigenvalue weighted by Gasteiger charge is 1.96. The summed E-state index contributed by atoms with van der Waals surface area (Å²) in [7, 11) is 1.92. The molecule has 2 aromatic rings. The molecule has 2 heterocycles. The fraction of sp³-hybridized carbons (Fsp3) is 0.333. The third-order valence-corrected chi connectivity index (χ3v) is 1.97. The van der Waals surface area contributed by atoms with Gasteiger partial charge in [0.2, 0.25) is 0 Å². The number of aromatic amines is 1. The van der Waals surface area contributed by atoms with E-state index in [9.17, 15) is 0 Å². The zero-order valence-electron chi connectivity index (χ0n) is 8.07. The summed E-state index contributed by atoms with van der Waals surface area (Å²) >= 11 is 0. The largest absolute Gasteiger partial charge is 0.308 e. The van der Waals surface area contributed by atoms with Gasteiger partial charge in [-0.15, -0.1) is 0 Å². The van der Waals surface area contributed by atoms with Gasteiger partial charge in [0.25, 0.3) is 0 Å². The first-order valence-electron chi connectivity index (χ1n) is 4.50. The van der Waals surface area contributed by atoms with Crippen LogP contribution < -0.4 is 5.32 Å². The molecule has 0 atom stereocenters. The molecule has 0 saturated heterocycles. The number of hydrogen-bond acceptors (Lipinski definition) is 3. The molecule has 0 aliphatic heterocycles. The number of nitrogens with one attached hydrogen (secondary N) is 2. The predicted molar refractivity (Wildman–Crippen MR) is 52.3 cm³/mol. The molecule has 0 aromatic carbocycles. The van der Waals surface area contributed by atoms with Crippen molar-refractivity contribution in [3.8, 4) is 0 Å². The Balaban J connectivity index is 1.78. The van der Waals surface area contributed by atoms with Crippen LogP contribution in [0.25, 0.3) is 0 Å². The van der Waals surface area contributed by atoms with Crippen molar-refractivity contribution in [2.24, 2.45) is 7.05 Å². The Morgan fingerprint density at radius 1 is 1.36 bits per heavy atom. The average Bonchev–Trinajstić information content (AvgIpc) is 2.77. The maximum Gasteiger partial charge on any atom is 0.0534 e. The third-order valence-electron chi connectivity index (χ3n) is 1.97. The Morgan fingerprint density at radius 3 is 2.86 bits per heavy atom. The molecular weight excluding hydrogens is 178 g/mol. The molecule has 2 rings (SSSR count). The van der Waals surface area contributed by atoms with Crippen molar-refractivity contribution in [3.05, 3.63) is 35.9 Å². The summed E-state index contributed by atoms with van der Waals surface area (Å²) < 4.78 is 1.80. The van der Waals surface area contributed by atoms with Crippen molar-refractivity contribution in [2.45, 2.75) is 13.1 Å². The Labute approximate surface area is 82.1 Å². The zero-order chi connectivity index (χ0) is 9.80. The second-order valence-electron chi connectivity index (χ2n) is 3.23. The van der Waals surface area contributed by atoms with Crippen LogP contribution in [0.4, 0.5) is 0 Å². The molecule has 2 N–H and O–H groups in total. The lowest BCUT2D eigenvalue weighted by Crippen LogP contribution is -2.11. The Hall–Kier alpha value is -1.62. The highest BCUT2D eigenvalue weighted by atomic mass is 15.2. The Kier molecular flexibility index (Phi) is 2.60. The molecule has 0 aliphatic rings. The molecule has 0 aliphatic carbocycles. The maximum atomic E-state index is 4.09. The number of nitrogens with zero attached hydrogens (tertiary/aromatic N) is 3. The highest BCUT2D eigenvalue weighted by molar-refractivity contribution is 5.05. The topological polar surface area (TPSA) is 58.5 Å². The van der Waals surface area contributed by atoms with Gasteiger partial charge in [-0.05, 0) is 0 Å². The van der Waals surface area contributed by atoms with E-state index < -0.39 is 0 Å². The van der Waals surface area contributed by atoms with Gasteiger partial charge in [-0.25, -0.2) is 0 Å². The second-order valence-corrected chi connectivity index (χ2v) is 3.23. The van der Waals surface area contributed by atoms with E-state index in [0.717, 1.165) is 18.7 Å². The molecular formula is C9H13N5. The van der Waals surface area contributed by atoms with E-state index in [2.05, 4.69) is 20.6 Å². The van der Waals surface area contributed by atoms with Gasteiger partial charge < -0.3 is 5.32 Å². The predicted octanol–water partition coefficient (Wildman–Crippen LogP) is 0.433. The zero-order valence-corrected chi connectivity index (χ0v) is 8.07. The number of H-pyrrole nitrogens is 1. The number of hydrogen-bond donors (Lipinski definition) is 2. The molecule has 2 aromatic heterocycles. The van der Waals surface area contributed by atoms with Crippen LogP contribution in [-0.4, -0.2) is 20.0 Å². The molecule has 14 heavy (non-hydrogen) atoms. The minimum atomic E-state index is 0.825. The molecule has 5 heteroatoms. The van der Waals surface area contributed by atoms with Crippen LogP contribution in [0.2, 0.25) is 0 Å². The molecule has 0 unspecified atom stereocenters. The summed E-state index contributed by atoms with van der Waals surface area (Å²) in [6.45, 7) is 1.66. The first-order valence-corrected chi connectivity index (χ1v) is 4.50. The summed E-state index contributed by atoms with van der Waals surface area (Å²) in [5.74, 6) is 0. The van der Waals surface area contributed by atoms with E-state index >= 15 is 0 Å². The van der Waals surface area contributed by atoms with E-state index in [1.165, 1.54) is 5.56 Å². The summed E-state index contributed by atoms with van der Waals surface area (Å²) in [5, 5.41) is 14.0. The summed E-state index contributed by atoms with van der Waals surface area (Å²) in [5.41, 5.74) is 2.35. The minimum Gasteiger partial charge on any atom is -0.308 e. The number of rotatable bonds is 4. The second kappa shape index (κ2) is 4.06. The third kappa shape index (κ3) is 2.20. The normalized spacial score (nSPS) is 10.6. The van der Waals surface area contributed by atoms with E-state index in [1.54, 1.807) is 4.68 Å². The summed E-state index contributed by atoms with van der Waals surface area (Å²) in [6.07, 6.45) is 7.57. The lowest BCUT2D eigenvalue weighted by molar-refractivity contribution is 0.692. The first-order chi connectivity index (χ1) is 6.84. The summed E-state index contributed by atoms with van der Waals surface area (Å²) in [6, 6.07) is 0. The van der Waals surface area contributed by atoms with E-state index in [1.807, 2.05) is 31.8 Å². The van der Waals surface area contributed by atoms with Crippen LogP contribution in [-0.2, 0) is 20.1 Å². The highest BCUT2D eigenvalue weighted by Crippen LogP contribution is 1.97. The van der Waals surface area contributed by atoms with Crippen LogP contribution >= 0.6 is 0 Å². The monoisotopic (exact) mass is 191 g/mol. The molecule has 0 amide bonds. The SMILES string of the molecule is Cn1cc(CNCc2cn[nH]c2)cn1. The van der Waals surface area contributed by atoms with Gasteiger partial charge in [-0.2, -0.15) is 10.2 Å². The number of aryl methyl sites for hydroxylation is 1. The van der Waals surface area contributed by atoms with E-state index in [4.69, 9.17) is 0 Å². The fourth-order valence-corrected chi connectivity index (χ4v) is 1.29. The fourth-order valence-electron chi connectivity index (χ4n) is 1.29. The minimum absolute atomic E-state index is 0.825. The van der Waals surface area contributed by atoms with Crippen molar-refractivity contribution in [2.75, 3.05) is 0 Å². The van der Waals surface area contributed by atoms with Gasteiger partial charge in [-0.3, -0.25) is 9.78 Å². The molecule has 74 valence electrons. The maximum absolute atomic E-state index is 4.09. The van der Waals surface area contributed by atoms with Gasteiger partial charge in [0.1, 0.15) is 0 Å². The van der Waals surface area contributed by atoms with Crippen LogP contribution in [0.5, 0.6) is 0 Å².